The maximum absolute atomic E-state index is 11.2. The molecule has 4 nitrogen and oxygen atoms in total. The van der Waals surface area contributed by atoms with Gasteiger partial charge in [-0.3, -0.25) is 0 Å². The minimum absolute atomic E-state index is 0.250. The molecule has 1 aliphatic carbocycles. The van der Waals surface area contributed by atoms with E-state index < -0.39 is 0 Å². The van der Waals surface area contributed by atoms with E-state index in [1.54, 1.807) is 6.92 Å². The van der Waals surface area contributed by atoms with Gasteiger partial charge in [-0.25, -0.2) is 9.97 Å². The summed E-state index contributed by atoms with van der Waals surface area (Å²) in [5.41, 5.74) is 3.63. The van der Waals surface area contributed by atoms with Crippen molar-refractivity contribution >= 4 is 11.7 Å². The fourth-order valence-electron chi connectivity index (χ4n) is 4.07. The lowest BCUT2D eigenvalue weighted by atomic mass is 9.96. The Balaban J connectivity index is 1.35. The van der Waals surface area contributed by atoms with Gasteiger partial charge in [0.25, 0.3) is 0 Å². The molecular formula is C24H27N3O. The predicted molar refractivity (Wildman–Crippen MR) is 111 cm³/mol. The van der Waals surface area contributed by atoms with E-state index in [0.29, 0.717) is 17.8 Å². The van der Waals surface area contributed by atoms with Crippen molar-refractivity contribution in [1.29, 1.82) is 0 Å². The zero-order valence-corrected chi connectivity index (χ0v) is 16.7. The summed E-state index contributed by atoms with van der Waals surface area (Å²) in [5, 5.41) is 0. The zero-order valence-electron chi connectivity index (χ0n) is 16.7. The van der Waals surface area contributed by atoms with Crippen molar-refractivity contribution in [3.05, 3.63) is 53.3 Å². The van der Waals surface area contributed by atoms with Crippen LogP contribution in [0.1, 0.15) is 56.2 Å². The minimum atomic E-state index is 0.250. The minimum Gasteiger partial charge on any atom is -0.340 e. The van der Waals surface area contributed by atoms with Crippen LogP contribution in [0.4, 0.5) is 5.95 Å². The number of Topliss-reactive ketones (excluding diaryl/α,β-unsaturated/α-hetero) is 1. The second kappa shape index (κ2) is 7.75. The van der Waals surface area contributed by atoms with Gasteiger partial charge in [0.05, 0.1) is 5.56 Å². The fourth-order valence-corrected chi connectivity index (χ4v) is 4.07. The van der Waals surface area contributed by atoms with Crippen LogP contribution >= 0.6 is 0 Å². The molecule has 2 aromatic rings. The first kappa shape index (κ1) is 18.7. The molecule has 2 fully saturated rings. The van der Waals surface area contributed by atoms with Crippen LogP contribution in [0, 0.1) is 23.2 Å². The molecule has 1 aliphatic heterocycles. The standard InChI is InChI=1S/C24H27N3O/c1-18(13-19(2)28)14-21-6-3-20(4-7-21)5-8-22-15-25-23(26-16-22)27-12-11-24(17-27)9-10-24/h3-4,6-7,15-16,18H,9-14,17H2,1-2H3. The van der Waals surface area contributed by atoms with Gasteiger partial charge in [0.1, 0.15) is 5.78 Å². The Bertz CT molecular complexity index is 902. The van der Waals surface area contributed by atoms with E-state index in [4.69, 9.17) is 0 Å². The van der Waals surface area contributed by atoms with Crippen LogP contribution in [-0.2, 0) is 11.2 Å². The van der Waals surface area contributed by atoms with Gasteiger partial charge in [0.2, 0.25) is 5.95 Å². The number of aromatic nitrogens is 2. The summed E-state index contributed by atoms with van der Waals surface area (Å²) in [4.78, 5) is 22.6. The van der Waals surface area contributed by atoms with Crippen LogP contribution < -0.4 is 4.90 Å². The van der Waals surface area contributed by atoms with E-state index in [-0.39, 0.29) is 5.78 Å². The van der Waals surface area contributed by atoms with Gasteiger partial charge < -0.3 is 9.69 Å². The largest absolute Gasteiger partial charge is 0.340 e. The Hall–Kier alpha value is -2.67. The Morgan fingerprint density at radius 2 is 1.79 bits per heavy atom. The first-order valence-electron chi connectivity index (χ1n) is 10.2. The molecule has 1 aromatic heterocycles. The van der Waals surface area contributed by atoms with Crippen molar-refractivity contribution in [2.45, 2.75) is 46.0 Å². The molecule has 2 heterocycles. The molecule has 4 rings (SSSR count). The third kappa shape index (κ3) is 4.59. The van der Waals surface area contributed by atoms with Crippen molar-refractivity contribution in [3.8, 4) is 11.8 Å². The summed E-state index contributed by atoms with van der Waals surface area (Å²) in [5.74, 6) is 7.80. The normalized spacial score (nSPS) is 17.9. The van der Waals surface area contributed by atoms with Crippen molar-refractivity contribution < 1.29 is 4.79 Å². The van der Waals surface area contributed by atoms with Gasteiger partial charge in [-0.2, -0.15) is 0 Å². The molecule has 28 heavy (non-hydrogen) atoms. The summed E-state index contributed by atoms with van der Waals surface area (Å²) in [6, 6.07) is 8.28. The van der Waals surface area contributed by atoms with Crippen molar-refractivity contribution in [3.63, 3.8) is 0 Å². The molecule has 1 saturated heterocycles. The number of nitrogens with zero attached hydrogens (tertiary/aromatic N) is 3. The number of benzene rings is 1. The molecule has 144 valence electrons. The number of hydrogen-bond donors (Lipinski definition) is 0. The third-order valence-corrected chi connectivity index (χ3v) is 5.84. The van der Waals surface area contributed by atoms with Crippen LogP contribution in [0.25, 0.3) is 0 Å². The van der Waals surface area contributed by atoms with Gasteiger partial charge in [0, 0.05) is 37.5 Å². The Kier molecular flexibility index (Phi) is 5.17. The summed E-state index contributed by atoms with van der Waals surface area (Å²) < 4.78 is 0. The molecule has 0 radical (unpaired) electrons. The quantitative estimate of drug-likeness (QED) is 0.743. The lowest BCUT2D eigenvalue weighted by Gasteiger charge is -2.15. The summed E-state index contributed by atoms with van der Waals surface area (Å²) in [6.07, 6.45) is 9.21. The molecule has 2 aliphatic rings. The molecule has 1 unspecified atom stereocenters. The lowest BCUT2D eigenvalue weighted by Crippen LogP contribution is -2.22. The van der Waals surface area contributed by atoms with E-state index in [9.17, 15) is 4.79 Å². The van der Waals surface area contributed by atoms with Gasteiger partial charge in [-0.15, -0.1) is 0 Å². The highest BCUT2D eigenvalue weighted by Crippen LogP contribution is 2.52. The maximum Gasteiger partial charge on any atom is 0.225 e. The van der Waals surface area contributed by atoms with E-state index in [1.807, 2.05) is 24.5 Å². The maximum atomic E-state index is 11.2. The number of ketones is 1. The van der Waals surface area contributed by atoms with Gasteiger partial charge in [-0.1, -0.05) is 30.9 Å². The fraction of sp³-hybridized carbons (Fsp3) is 0.458. The number of anilines is 1. The SMILES string of the molecule is CC(=O)CC(C)Cc1ccc(C#Cc2cnc(N3CCC4(CC4)C3)nc2)cc1. The molecule has 1 aromatic carbocycles. The molecule has 1 atom stereocenters. The van der Waals surface area contributed by atoms with Gasteiger partial charge in [-0.05, 0) is 61.6 Å². The second-order valence-electron chi connectivity index (χ2n) is 8.61. The summed E-state index contributed by atoms with van der Waals surface area (Å²) in [7, 11) is 0. The molecule has 0 N–H and O–H groups in total. The molecule has 0 bridgehead atoms. The zero-order chi connectivity index (χ0) is 19.6. The number of rotatable bonds is 5. The Labute approximate surface area is 167 Å². The first-order valence-corrected chi connectivity index (χ1v) is 10.2. The Morgan fingerprint density at radius 3 is 2.39 bits per heavy atom. The van der Waals surface area contributed by atoms with Crippen LogP contribution in [-0.4, -0.2) is 28.8 Å². The van der Waals surface area contributed by atoms with Crippen LogP contribution in [0.15, 0.2) is 36.7 Å². The summed E-state index contributed by atoms with van der Waals surface area (Å²) >= 11 is 0. The number of carbonyl (C=O) groups is 1. The van der Waals surface area contributed by atoms with E-state index in [0.717, 1.165) is 36.6 Å². The van der Waals surface area contributed by atoms with Gasteiger partial charge in [0.15, 0.2) is 0 Å². The van der Waals surface area contributed by atoms with Crippen LogP contribution in [0.2, 0.25) is 0 Å². The van der Waals surface area contributed by atoms with Gasteiger partial charge >= 0.3 is 0 Å². The van der Waals surface area contributed by atoms with Crippen LogP contribution in [0.3, 0.4) is 0 Å². The molecule has 1 saturated carbocycles. The Morgan fingerprint density at radius 1 is 1.11 bits per heavy atom. The van der Waals surface area contributed by atoms with E-state index in [2.05, 4.69) is 45.8 Å². The monoisotopic (exact) mass is 373 g/mol. The molecule has 4 heteroatoms. The first-order chi connectivity index (χ1) is 13.5. The lowest BCUT2D eigenvalue weighted by molar-refractivity contribution is -0.117. The van der Waals surface area contributed by atoms with Crippen molar-refractivity contribution in [2.75, 3.05) is 18.0 Å². The molecule has 0 amide bonds. The second-order valence-corrected chi connectivity index (χ2v) is 8.61. The summed E-state index contributed by atoms with van der Waals surface area (Å²) in [6.45, 7) is 5.95. The van der Waals surface area contributed by atoms with Crippen molar-refractivity contribution in [2.24, 2.45) is 11.3 Å². The molecular weight excluding hydrogens is 346 g/mol. The average molecular weight is 374 g/mol. The van der Waals surface area contributed by atoms with Crippen LogP contribution in [0.5, 0.6) is 0 Å². The van der Waals surface area contributed by atoms with E-state index >= 15 is 0 Å². The molecule has 1 spiro atoms. The number of carbonyl (C=O) groups excluding carboxylic acids is 1. The smallest absolute Gasteiger partial charge is 0.225 e. The third-order valence-electron chi connectivity index (χ3n) is 5.84. The highest BCUT2D eigenvalue weighted by atomic mass is 16.1. The van der Waals surface area contributed by atoms with E-state index in [1.165, 1.54) is 24.8 Å². The number of hydrogen-bond acceptors (Lipinski definition) is 4. The average Bonchev–Trinajstić information content (AvgIpc) is 3.30. The van der Waals surface area contributed by atoms with Crippen molar-refractivity contribution in [1.82, 2.24) is 9.97 Å². The highest BCUT2D eigenvalue weighted by molar-refractivity contribution is 5.75. The highest BCUT2D eigenvalue weighted by Gasteiger charge is 2.48. The topological polar surface area (TPSA) is 46.1 Å². The predicted octanol–water partition coefficient (Wildman–Crippen LogP) is 4.02.